The van der Waals surface area contributed by atoms with Crippen LogP contribution in [0.3, 0.4) is 0 Å². The fourth-order valence-corrected chi connectivity index (χ4v) is 3.87. The molecule has 2 heterocycles. The molecule has 164 valence electrons. The molecule has 1 atom stereocenters. The lowest BCUT2D eigenvalue weighted by Gasteiger charge is -2.26. The summed E-state index contributed by atoms with van der Waals surface area (Å²) in [7, 11) is 0. The molecule has 3 rings (SSSR count). The second kappa shape index (κ2) is 10.5. The zero-order chi connectivity index (χ0) is 21.5. The number of benzene rings is 1. The van der Waals surface area contributed by atoms with Gasteiger partial charge in [-0.25, -0.2) is 0 Å². The summed E-state index contributed by atoms with van der Waals surface area (Å²) >= 11 is 0. The number of fused-ring (bicyclic) bond motifs is 1. The van der Waals surface area contributed by atoms with Crippen molar-refractivity contribution in [3.63, 3.8) is 0 Å². The predicted molar refractivity (Wildman–Crippen MR) is 111 cm³/mol. The maximum Gasteiger partial charge on any atom is 0.308 e. The van der Waals surface area contributed by atoms with E-state index in [1.807, 2.05) is 11.0 Å². The molecule has 1 saturated heterocycles. The van der Waals surface area contributed by atoms with Crippen LogP contribution in [0.2, 0.25) is 0 Å². The fourth-order valence-electron chi connectivity index (χ4n) is 3.87. The minimum Gasteiger partial charge on any atom is -0.481 e. The average Bonchev–Trinajstić information content (AvgIpc) is 3.07. The molecule has 0 bridgehead atoms. The quantitative estimate of drug-likeness (QED) is 0.561. The summed E-state index contributed by atoms with van der Waals surface area (Å²) < 4.78 is 5.36. The Morgan fingerprint density at radius 1 is 1.20 bits per heavy atom. The number of amides is 2. The highest BCUT2D eigenvalue weighted by Crippen LogP contribution is 2.24. The lowest BCUT2D eigenvalue weighted by molar-refractivity contribution is -0.141. The van der Waals surface area contributed by atoms with Gasteiger partial charge in [0.15, 0.2) is 0 Å². The number of nitrogens with zero attached hydrogens (tertiary/aromatic N) is 2. The predicted octanol–water partition coefficient (Wildman–Crippen LogP) is 1.60. The molecule has 8 heteroatoms. The number of rotatable bonds is 10. The molecule has 30 heavy (non-hydrogen) atoms. The Balaban J connectivity index is 1.49. The number of unbranched alkanes of at least 4 members (excludes halogenated alkanes) is 1. The van der Waals surface area contributed by atoms with Crippen LogP contribution < -0.4 is 5.32 Å². The van der Waals surface area contributed by atoms with E-state index in [9.17, 15) is 14.4 Å². The van der Waals surface area contributed by atoms with Crippen LogP contribution in [0.4, 0.5) is 0 Å². The number of carbonyl (C=O) groups excluding carboxylic acids is 2. The van der Waals surface area contributed by atoms with E-state index in [2.05, 4.69) is 10.2 Å². The molecule has 2 amide bonds. The van der Waals surface area contributed by atoms with Gasteiger partial charge in [0, 0.05) is 43.9 Å². The molecule has 8 nitrogen and oxygen atoms in total. The van der Waals surface area contributed by atoms with Crippen LogP contribution in [-0.2, 0) is 16.1 Å². The molecular formula is C22H31N3O5. The molecule has 1 aromatic carbocycles. The van der Waals surface area contributed by atoms with Gasteiger partial charge in [-0.3, -0.25) is 19.3 Å². The highest BCUT2D eigenvalue weighted by Gasteiger charge is 2.28. The molecule has 0 aliphatic carbocycles. The van der Waals surface area contributed by atoms with Gasteiger partial charge in [-0.2, -0.15) is 0 Å². The van der Waals surface area contributed by atoms with Crippen molar-refractivity contribution in [2.24, 2.45) is 5.92 Å². The summed E-state index contributed by atoms with van der Waals surface area (Å²) in [5.74, 6) is -1.93. The van der Waals surface area contributed by atoms with Gasteiger partial charge in [0.2, 0.25) is 0 Å². The van der Waals surface area contributed by atoms with E-state index in [0.29, 0.717) is 30.6 Å². The van der Waals surface area contributed by atoms with Crippen molar-refractivity contribution in [1.82, 2.24) is 15.1 Å². The van der Waals surface area contributed by atoms with Crippen LogP contribution in [0.15, 0.2) is 18.2 Å². The second-order valence-electron chi connectivity index (χ2n) is 7.91. The third kappa shape index (κ3) is 5.58. The minimum absolute atomic E-state index is 0.0389. The highest BCUT2D eigenvalue weighted by molar-refractivity contribution is 6.02. The van der Waals surface area contributed by atoms with Crippen LogP contribution in [-0.4, -0.2) is 78.6 Å². The van der Waals surface area contributed by atoms with Crippen LogP contribution >= 0.6 is 0 Å². The Bertz CT molecular complexity index is 776. The second-order valence-corrected chi connectivity index (χ2v) is 7.91. The zero-order valence-electron chi connectivity index (χ0n) is 17.6. The van der Waals surface area contributed by atoms with Gasteiger partial charge in [0.1, 0.15) is 0 Å². The Labute approximate surface area is 177 Å². The highest BCUT2D eigenvalue weighted by atomic mass is 16.5. The number of carboxylic acid groups (broad SMARTS) is 1. The van der Waals surface area contributed by atoms with Crippen molar-refractivity contribution in [2.75, 3.05) is 45.9 Å². The van der Waals surface area contributed by atoms with Gasteiger partial charge in [0.05, 0.1) is 19.1 Å². The lowest BCUT2D eigenvalue weighted by Crippen LogP contribution is -2.37. The number of ether oxygens (including phenoxy) is 1. The first kappa shape index (κ1) is 22.2. The lowest BCUT2D eigenvalue weighted by atomic mass is 10.0. The van der Waals surface area contributed by atoms with Crippen molar-refractivity contribution >= 4 is 17.8 Å². The third-order valence-corrected chi connectivity index (χ3v) is 5.86. The standard InChI is InChI=1S/C22H31N3O5/c1-2-16(22(28)29)14-23-20(26)17-5-6-18-15-25(21(27)19(18)13-17)8-4-3-7-24-9-11-30-12-10-24/h5-6,13,16H,2-4,7-12,14-15H2,1H3,(H,23,26)(H,28,29)/t16-/m0/s1. The maximum absolute atomic E-state index is 12.8. The maximum atomic E-state index is 12.8. The van der Waals surface area contributed by atoms with Gasteiger partial charge in [-0.15, -0.1) is 0 Å². The van der Waals surface area contributed by atoms with E-state index in [0.717, 1.165) is 51.3 Å². The molecule has 1 fully saturated rings. The Morgan fingerprint density at radius 2 is 1.93 bits per heavy atom. The normalized spacial score (nSPS) is 17.6. The van der Waals surface area contributed by atoms with Crippen LogP contribution in [0, 0.1) is 5.92 Å². The van der Waals surface area contributed by atoms with E-state index in [1.165, 1.54) is 0 Å². The molecule has 2 N–H and O–H groups in total. The number of hydrogen-bond acceptors (Lipinski definition) is 5. The first-order valence-corrected chi connectivity index (χ1v) is 10.7. The van der Waals surface area contributed by atoms with Gasteiger partial charge in [-0.05, 0) is 43.5 Å². The monoisotopic (exact) mass is 417 g/mol. The van der Waals surface area contributed by atoms with Gasteiger partial charge in [-0.1, -0.05) is 13.0 Å². The van der Waals surface area contributed by atoms with Crippen molar-refractivity contribution in [2.45, 2.75) is 32.7 Å². The molecule has 2 aliphatic heterocycles. The van der Waals surface area contributed by atoms with Gasteiger partial charge >= 0.3 is 5.97 Å². The fraction of sp³-hybridized carbons (Fsp3) is 0.591. The van der Waals surface area contributed by atoms with E-state index < -0.39 is 11.9 Å². The number of carbonyl (C=O) groups is 3. The van der Waals surface area contributed by atoms with Crippen molar-refractivity contribution in [1.29, 1.82) is 0 Å². The number of morpholine rings is 1. The summed E-state index contributed by atoms with van der Waals surface area (Å²) in [5, 5.41) is 11.8. The SMILES string of the molecule is CC[C@@H](CNC(=O)c1ccc2c(c1)C(=O)N(CCCCN1CCOCC1)C2)C(=O)O. The Kier molecular flexibility index (Phi) is 7.81. The van der Waals surface area contributed by atoms with E-state index in [1.54, 1.807) is 19.1 Å². The van der Waals surface area contributed by atoms with E-state index >= 15 is 0 Å². The summed E-state index contributed by atoms with van der Waals surface area (Å²) in [6.07, 6.45) is 2.42. The molecule has 0 radical (unpaired) electrons. The largest absolute Gasteiger partial charge is 0.481 e. The van der Waals surface area contributed by atoms with E-state index in [-0.39, 0.29) is 18.4 Å². The molecule has 0 unspecified atom stereocenters. The molecule has 0 spiro atoms. The Hall–Kier alpha value is -2.45. The minimum atomic E-state index is -0.925. The van der Waals surface area contributed by atoms with Crippen molar-refractivity contribution in [3.8, 4) is 0 Å². The molecule has 2 aliphatic rings. The van der Waals surface area contributed by atoms with Gasteiger partial charge < -0.3 is 20.1 Å². The molecule has 1 aromatic rings. The smallest absolute Gasteiger partial charge is 0.308 e. The Morgan fingerprint density at radius 3 is 2.63 bits per heavy atom. The number of aliphatic carboxylic acids is 1. The first-order chi connectivity index (χ1) is 14.5. The molecular weight excluding hydrogens is 386 g/mol. The van der Waals surface area contributed by atoms with Crippen LogP contribution in [0.25, 0.3) is 0 Å². The van der Waals surface area contributed by atoms with E-state index in [4.69, 9.17) is 9.84 Å². The van der Waals surface area contributed by atoms with Crippen LogP contribution in [0.5, 0.6) is 0 Å². The molecule has 0 saturated carbocycles. The topological polar surface area (TPSA) is 99.2 Å². The van der Waals surface area contributed by atoms with Crippen molar-refractivity contribution in [3.05, 3.63) is 34.9 Å². The summed E-state index contributed by atoms with van der Waals surface area (Å²) in [6.45, 7) is 7.70. The zero-order valence-corrected chi connectivity index (χ0v) is 17.6. The third-order valence-electron chi connectivity index (χ3n) is 5.86. The van der Waals surface area contributed by atoms with Crippen molar-refractivity contribution < 1.29 is 24.2 Å². The number of nitrogens with one attached hydrogen (secondary N) is 1. The summed E-state index contributed by atoms with van der Waals surface area (Å²) in [6, 6.07) is 5.15. The molecule has 0 aromatic heterocycles. The number of hydrogen-bond donors (Lipinski definition) is 2. The average molecular weight is 418 g/mol. The first-order valence-electron chi connectivity index (χ1n) is 10.7. The summed E-state index contributed by atoms with van der Waals surface area (Å²) in [5.41, 5.74) is 1.89. The summed E-state index contributed by atoms with van der Waals surface area (Å²) in [4.78, 5) is 40.5. The number of carboxylic acids is 1. The van der Waals surface area contributed by atoms with Gasteiger partial charge in [0.25, 0.3) is 11.8 Å². The van der Waals surface area contributed by atoms with Crippen LogP contribution in [0.1, 0.15) is 52.5 Å².